The molecular formula is C15H20N2O. The van der Waals surface area contributed by atoms with Gasteiger partial charge in [0.15, 0.2) is 0 Å². The summed E-state index contributed by atoms with van der Waals surface area (Å²) < 4.78 is 1.81. The van der Waals surface area contributed by atoms with Gasteiger partial charge >= 0.3 is 0 Å². The van der Waals surface area contributed by atoms with Crippen LogP contribution in [0.3, 0.4) is 0 Å². The van der Waals surface area contributed by atoms with Crippen molar-refractivity contribution in [3.8, 4) is 11.1 Å². The predicted octanol–water partition coefficient (Wildman–Crippen LogP) is 2.96. The lowest BCUT2D eigenvalue weighted by atomic mass is 9.93. The minimum atomic E-state index is -0.736. The summed E-state index contributed by atoms with van der Waals surface area (Å²) in [6.07, 6.45) is 3.82. The molecule has 1 unspecified atom stereocenters. The summed E-state index contributed by atoms with van der Waals surface area (Å²) >= 11 is 0. The fraction of sp³-hybridized carbons (Fsp3) is 0.400. The fourth-order valence-corrected chi connectivity index (χ4v) is 1.74. The van der Waals surface area contributed by atoms with Crippen LogP contribution in [0.1, 0.15) is 20.8 Å². The van der Waals surface area contributed by atoms with E-state index in [1.807, 2.05) is 56.0 Å². The summed E-state index contributed by atoms with van der Waals surface area (Å²) in [5.74, 6) is 0.196. The fourth-order valence-electron chi connectivity index (χ4n) is 1.74. The summed E-state index contributed by atoms with van der Waals surface area (Å²) in [5, 5.41) is 14.6. The number of hydrogen-bond acceptors (Lipinski definition) is 2. The van der Waals surface area contributed by atoms with Gasteiger partial charge in [0.1, 0.15) is 0 Å². The van der Waals surface area contributed by atoms with E-state index in [-0.39, 0.29) is 5.92 Å². The van der Waals surface area contributed by atoms with Gasteiger partial charge in [-0.25, -0.2) is 0 Å². The van der Waals surface area contributed by atoms with Gasteiger partial charge < -0.3 is 5.11 Å². The molecule has 0 aliphatic carbocycles. The van der Waals surface area contributed by atoms with E-state index in [9.17, 15) is 5.11 Å². The van der Waals surface area contributed by atoms with Crippen LogP contribution in [0.4, 0.5) is 0 Å². The predicted molar refractivity (Wildman–Crippen MR) is 73.1 cm³/mol. The lowest BCUT2D eigenvalue weighted by molar-refractivity contribution is -0.00566. The van der Waals surface area contributed by atoms with Crippen molar-refractivity contribution in [1.82, 2.24) is 9.78 Å². The molecule has 2 aromatic rings. The summed E-state index contributed by atoms with van der Waals surface area (Å²) in [4.78, 5) is 0. The monoisotopic (exact) mass is 244 g/mol. The van der Waals surface area contributed by atoms with E-state index in [0.29, 0.717) is 6.54 Å². The van der Waals surface area contributed by atoms with Crippen molar-refractivity contribution >= 4 is 0 Å². The van der Waals surface area contributed by atoms with Gasteiger partial charge in [-0.2, -0.15) is 5.10 Å². The second-order valence-electron chi connectivity index (χ2n) is 5.30. The van der Waals surface area contributed by atoms with Gasteiger partial charge in [-0.15, -0.1) is 0 Å². The SMILES string of the molecule is CC(C)C(C)(O)Cn1cc(-c2ccccc2)cn1. The van der Waals surface area contributed by atoms with Crippen LogP contribution < -0.4 is 0 Å². The Morgan fingerprint density at radius 2 is 1.89 bits per heavy atom. The van der Waals surface area contributed by atoms with E-state index >= 15 is 0 Å². The van der Waals surface area contributed by atoms with E-state index in [0.717, 1.165) is 11.1 Å². The van der Waals surface area contributed by atoms with Crippen LogP contribution in [0.2, 0.25) is 0 Å². The molecule has 2 rings (SSSR count). The van der Waals surface area contributed by atoms with E-state index in [2.05, 4.69) is 17.2 Å². The molecule has 0 aliphatic heterocycles. The van der Waals surface area contributed by atoms with Gasteiger partial charge in [-0.3, -0.25) is 4.68 Å². The molecule has 96 valence electrons. The highest BCUT2D eigenvalue weighted by molar-refractivity contribution is 5.61. The lowest BCUT2D eigenvalue weighted by Gasteiger charge is -2.27. The average Bonchev–Trinajstić information content (AvgIpc) is 2.78. The lowest BCUT2D eigenvalue weighted by Crippen LogP contribution is -2.36. The Labute approximate surface area is 108 Å². The standard InChI is InChI=1S/C15H20N2O/c1-12(2)15(3,18)11-17-10-14(9-16-17)13-7-5-4-6-8-13/h4-10,12,18H,11H2,1-3H3. The quantitative estimate of drug-likeness (QED) is 0.898. The molecule has 3 nitrogen and oxygen atoms in total. The third kappa shape index (κ3) is 2.79. The zero-order chi connectivity index (χ0) is 13.2. The number of benzene rings is 1. The highest BCUT2D eigenvalue weighted by Crippen LogP contribution is 2.21. The molecule has 0 radical (unpaired) electrons. The van der Waals surface area contributed by atoms with Gasteiger partial charge in [0.25, 0.3) is 0 Å². The summed E-state index contributed by atoms with van der Waals surface area (Å²) in [6, 6.07) is 10.1. The molecule has 1 aromatic carbocycles. The van der Waals surface area contributed by atoms with Gasteiger partial charge in [-0.05, 0) is 18.4 Å². The van der Waals surface area contributed by atoms with Crippen LogP contribution >= 0.6 is 0 Å². The van der Waals surface area contributed by atoms with Gasteiger partial charge in [0.05, 0.1) is 18.3 Å². The maximum Gasteiger partial charge on any atom is 0.0837 e. The van der Waals surface area contributed by atoms with Crippen LogP contribution in [0.15, 0.2) is 42.7 Å². The minimum absolute atomic E-state index is 0.196. The highest BCUT2D eigenvalue weighted by Gasteiger charge is 2.25. The first kappa shape index (κ1) is 12.8. The molecule has 0 saturated carbocycles. The summed E-state index contributed by atoms with van der Waals surface area (Å²) in [6.45, 7) is 6.39. The first-order chi connectivity index (χ1) is 8.49. The summed E-state index contributed by atoms with van der Waals surface area (Å²) in [7, 11) is 0. The summed E-state index contributed by atoms with van der Waals surface area (Å²) in [5.41, 5.74) is 1.49. The smallest absolute Gasteiger partial charge is 0.0837 e. The van der Waals surface area contributed by atoms with E-state index in [4.69, 9.17) is 0 Å². The Morgan fingerprint density at radius 1 is 1.22 bits per heavy atom. The number of hydrogen-bond donors (Lipinski definition) is 1. The van der Waals surface area contributed by atoms with E-state index in [1.165, 1.54) is 0 Å². The Kier molecular flexibility index (Phi) is 3.53. The number of aromatic nitrogens is 2. The van der Waals surface area contributed by atoms with Crippen LogP contribution in [-0.4, -0.2) is 20.5 Å². The average molecular weight is 244 g/mol. The Balaban J connectivity index is 2.17. The maximum absolute atomic E-state index is 10.3. The van der Waals surface area contributed by atoms with Crippen molar-refractivity contribution in [1.29, 1.82) is 0 Å². The zero-order valence-electron chi connectivity index (χ0n) is 11.2. The first-order valence-electron chi connectivity index (χ1n) is 6.29. The molecule has 3 heteroatoms. The maximum atomic E-state index is 10.3. The van der Waals surface area contributed by atoms with Crippen molar-refractivity contribution < 1.29 is 5.11 Å². The largest absolute Gasteiger partial charge is 0.388 e. The molecular weight excluding hydrogens is 224 g/mol. The van der Waals surface area contributed by atoms with Gasteiger partial charge in [0.2, 0.25) is 0 Å². The van der Waals surface area contributed by atoms with Crippen molar-refractivity contribution in [3.63, 3.8) is 0 Å². The molecule has 0 amide bonds. The third-order valence-corrected chi connectivity index (χ3v) is 3.47. The number of nitrogens with zero attached hydrogens (tertiary/aromatic N) is 2. The van der Waals surface area contributed by atoms with E-state index in [1.54, 1.807) is 0 Å². The second-order valence-corrected chi connectivity index (χ2v) is 5.30. The molecule has 0 aliphatic rings. The molecule has 1 aromatic heterocycles. The van der Waals surface area contributed by atoms with Crippen LogP contribution in [0, 0.1) is 5.92 Å². The molecule has 0 fully saturated rings. The molecule has 18 heavy (non-hydrogen) atoms. The second kappa shape index (κ2) is 4.94. The van der Waals surface area contributed by atoms with Crippen molar-refractivity contribution in [2.45, 2.75) is 32.9 Å². The first-order valence-corrected chi connectivity index (χ1v) is 6.29. The van der Waals surface area contributed by atoms with Crippen molar-refractivity contribution in [2.24, 2.45) is 5.92 Å². The molecule has 1 heterocycles. The topological polar surface area (TPSA) is 38.0 Å². The van der Waals surface area contributed by atoms with E-state index < -0.39 is 5.60 Å². The van der Waals surface area contributed by atoms with Crippen LogP contribution in [0.5, 0.6) is 0 Å². The molecule has 1 N–H and O–H groups in total. The van der Waals surface area contributed by atoms with Gasteiger partial charge in [-0.1, -0.05) is 44.2 Å². The zero-order valence-corrected chi connectivity index (χ0v) is 11.2. The number of rotatable bonds is 4. The molecule has 0 spiro atoms. The number of aliphatic hydroxyl groups is 1. The molecule has 0 saturated heterocycles. The highest BCUT2D eigenvalue weighted by atomic mass is 16.3. The third-order valence-electron chi connectivity index (χ3n) is 3.47. The Morgan fingerprint density at radius 3 is 2.50 bits per heavy atom. The molecule has 0 bridgehead atoms. The van der Waals surface area contributed by atoms with Crippen molar-refractivity contribution in [2.75, 3.05) is 0 Å². The van der Waals surface area contributed by atoms with Crippen LogP contribution in [0.25, 0.3) is 11.1 Å². The Hall–Kier alpha value is -1.61. The molecule has 1 atom stereocenters. The minimum Gasteiger partial charge on any atom is -0.388 e. The normalized spacial score (nSPS) is 14.7. The van der Waals surface area contributed by atoms with Crippen LogP contribution in [-0.2, 0) is 6.54 Å². The van der Waals surface area contributed by atoms with Crippen molar-refractivity contribution in [3.05, 3.63) is 42.7 Å². The van der Waals surface area contributed by atoms with Gasteiger partial charge in [0, 0.05) is 11.8 Å². The Bertz CT molecular complexity index is 500.